The van der Waals surface area contributed by atoms with Gasteiger partial charge in [-0.1, -0.05) is 0 Å². The molecule has 0 radical (unpaired) electrons. The maximum Gasteiger partial charge on any atom is 0.514 e. The van der Waals surface area contributed by atoms with Gasteiger partial charge in [-0.15, -0.1) is 0 Å². The van der Waals surface area contributed by atoms with Crippen LogP contribution >= 0.6 is 0 Å². The first-order valence-electron chi connectivity index (χ1n) is 8.23. The van der Waals surface area contributed by atoms with Crippen molar-refractivity contribution in [3.05, 3.63) is 0 Å². The highest BCUT2D eigenvalue weighted by atomic mass is 19.4. The Kier molecular flexibility index (Phi) is 3.36. The minimum Gasteiger partial charge on any atom is -0.390 e. The summed E-state index contributed by atoms with van der Waals surface area (Å²) in [7, 11) is 0. The quantitative estimate of drug-likeness (QED) is 0.476. The Hall–Kier alpha value is -1.36. The van der Waals surface area contributed by atoms with E-state index in [-0.39, 0.29) is 12.8 Å². The minimum absolute atomic E-state index is 0.183. The molecule has 5 fully saturated rings. The lowest BCUT2D eigenvalue weighted by molar-refractivity contribution is -0.477. The molecule has 5 rings (SSSR count). The summed E-state index contributed by atoms with van der Waals surface area (Å²) in [5, 5.41) is 0. The Bertz CT molecular complexity index is 665. The Morgan fingerprint density at radius 1 is 0.778 bits per heavy atom. The van der Waals surface area contributed by atoms with Gasteiger partial charge in [-0.05, 0) is 43.9 Å². The predicted molar refractivity (Wildman–Crippen MR) is 67.2 cm³/mol. The molecule has 1 aliphatic heterocycles. The van der Waals surface area contributed by atoms with Gasteiger partial charge in [0.1, 0.15) is 5.41 Å². The molecule has 12 heteroatoms. The summed E-state index contributed by atoms with van der Waals surface area (Å²) in [5.74, 6) is -24.3. The van der Waals surface area contributed by atoms with Crippen LogP contribution < -0.4 is 0 Å². The molecular formula is C15H13F9O3. The second-order valence-corrected chi connectivity index (χ2v) is 7.97. The fourth-order valence-electron chi connectivity index (χ4n) is 5.72. The van der Waals surface area contributed by atoms with Crippen LogP contribution in [0.4, 0.5) is 44.3 Å². The van der Waals surface area contributed by atoms with E-state index in [1.54, 1.807) is 0 Å². The van der Waals surface area contributed by atoms with E-state index in [4.69, 9.17) is 0 Å². The Labute approximate surface area is 146 Å². The van der Waals surface area contributed by atoms with Crippen LogP contribution in [0.25, 0.3) is 0 Å². The molecule has 3 nitrogen and oxygen atoms in total. The molecule has 4 saturated carbocycles. The number of ether oxygens (including phenoxy) is 2. The van der Waals surface area contributed by atoms with Gasteiger partial charge in [0, 0.05) is 5.92 Å². The van der Waals surface area contributed by atoms with Gasteiger partial charge in [0.25, 0.3) is 5.79 Å². The van der Waals surface area contributed by atoms with Crippen LogP contribution in [0.15, 0.2) is 0 Å². The fraction of sp³-hybridized carbons (Fsp3) is 0.933. The van der Waals surface area contributed by atoms with Crippen LogP contribution in [0.1, 0.15) is 32.1 Å². The average Bonchev–Trinajstić information content (AvgIpc) is 2.47. The van der Waals surface area contributed by atoms with Gasteiger partial charge in [0.15, 0.2) is 0 Å². The van der Waals surface area contributed by atoms with Crippen LogP contribution in [-0.4, -0.2) is 35.9 Å². The van der Waals surface area contributed by atoms with Gasteiger partial charge in [0.05, 0.1) is 0 Å². The SMILES string of the molecule is O=C1OC2(O1)C1CC3CC(C1)CC2(C(F)(F)C(F)(F)C(F)(F)C(F)(F)F)C3. The van der Waals surface area contributed by atoms with Crippen molar-refractivity contribution in [1.29, 1.82) is 0 Å². The smallest absolute Gasteiger partial charge is 0.390 e. The predicted octanol–water partition coefficient (Wildman–Crippen LogP) is 5.14. The maximum absolute atomic E-state index is 15.0. The highest BCUT2D eigenvalue weighted by Gasteiger charge is 2.92. The third-order valence-corrected chi connectivity index (χ3v) is 6.60. The summed E-state index contributed by atoms with van der Waals surface area (Å²) in [6.07, 6.45) is -9.17. The lowest BCUT2D eigenvalue weighted by atomic mass is 9.43. The van der Waals surface area contributed by atoms with Crippen molar-refractivity contribution in [3.8, 4) is 0 Å². The highest BCUT2D eigenvalue weighted by molar-refractivity contribution is 5.67. The summed E-state index contributed by atoms with van der Waals surface area (Å²) in [6.45, 7) is 0. The standard InChI is InChI=1S/C15H13F9O3/c16-12(17,13(18,19)14(20,21)15(22,23)24)10-4-6-1-7(5-10)3-8(2-6)11(10)26-9(25)27-11/h6-8H,1-5H2. The molecule has 1 saturated heterocycles. The van der Waals surface area contributed by atoms with E-state index >= 15 is 8.78 Å². The van der Waals surface area contributed by atoms with Crippen molar-refractivity contribution in [2.45, 2.75) is 61.8 Å². The zero-order valence-electron chi connectivity index (χ0n) is 13.4. The number of rotatable bonds is 3. The monoisotopic (exact) mass is 412 g/mol. The number of halogens is 9. The lowest BCUT2D eigenvalue weighted by Gasteiger charge is -2.68. The molecule has 154 valence electrons. The molecule has 2 unspecified atom stereocenters. The molecule has 4 bridgehead atoms. The summed E-state index contributed by atoms with van der Waals surface area (Å²) >= 11 is 0. The molecule has 0 aromatic heterocycles. The van der Waals surface area contributed by atoms with E-state index in [1.807, 2.05) is 0 Å². The van der Waals surface area contributed by atoms with E-state index < -0.39 is 71.9 Å². The van der Waals surface area contributed by atoms with Crippen LogP contribution in [-0.2, 0) is 9.47 Å². The number of carbonyl (C=O) groups excluding carboxylic acids is 1. The molecule has 0 aromatic carbocycles. The third-order valence-electron chi connectivity index (χ3n) is 6.60. The Morgan fingerprint density at radius 2 is 1.26 bits per heavy atom. The van der Waals surface area contributed by atoms with Gasteiger partial charge in [-0.3, -0.25) is 0 Å². The van der Waals surface area contributed by atoms with E-state index in [0.29, 0.717) is 6.42 Å². The van der Waals surface area contributed by atoms with Crippen molar-refractivity contribution in [2.24, 2.45) is 23.2 Å². The molecule has 0 amide bonds. The zero-order valence-corrected chi connectivity index (χ0v) is 13.4. The summed E-state index contributed by atoms with van der Waals surface area (Å²) in [5.41, 5.74) is -3.15. The van der Waals surface area contributed by atoms with Gasteiger partial charge in [-0.2, -0.15) is 39.5 Å². The normalized spacial score (nSPS) is 37.8. The van der Waals surface area contributed by atoms with E-state index in [0.717, 1.165) is 0 Å². The van der Waals surface area contributed by atoms with E-state index in [9.17, 15) is 35.5 Å². The first-order valence-corrected chi connectivity index (χ1v) is 8.23. The molecular weight excluding hydrogens is 399 g/mol. The summed E-state index contributed by atoms with van der Waals surface area (Å²) < 4.78 is 132. The molecule has 2 atom stereocenters. The van der Waals surface area contributed by atoms with Crippen molar-refractivity contribution in [1.82, 2.24) is 0 Å². The Balaban J connectivity index is 1.85. The molecule has 4 aliphatic carbocycles. The second kappa shape index (κ2) is 4.79. The van der Waals surface area contributed by atoms with Gasteiger partial charge in [0.2, 0.25) is 0 Å². The highest BCUT2D eigenvalue weighted by Crippen LogP contribution is 2.75. The summed E-state index contributed by atoms with van der Waals surface area (Å²) in [4.78, 5) is 11.2. The van der Waals surface area contributed by atoms with Gasteiger partial charge in [-0.25, -0.2) is 4.79 Å². The van der Waals surface area contributed by atoms with Crippen molar-refractivity contribution in [3.63, 3.8) is 0 Å². The largest absolute Gasteiger partial charge is 0.514 e. The molecule has 0 aromatic rings. The molecule has 0 N–H and O–H groups in total. The lowest BCUT2D eigenvalue weighted by Crippen LogP contribution is -2.81. The van der Waals surface area contributed by atoms with Gasteiger partial charge < -0.3 is 9.47 Å². The molecule has 27 heavy (non-hydrogen) atoms. The second-order valence-electron chi connectivity index (χ2n) is 7.97. The topological polar surface area (TPSA) is 35.5 Å². The van der Waals surface area contributed by atoms with Crippen LogP contribution in [0.3, 0.4) is 0 Å². The maximum atomic E-state index is 15.0. The van der Waals surface area contributed by atoms with E-state index in [2.05, 4.69) is 9.47 Å². The molecule has 1 heterocycles. The first-order chi connectivity index (χ1) is 12.1. The number of carbonyl (C=O) groups is 1. The van der Waals surface area contributed by atoms with E-state index in [1.165, 1.54) is 0 Å². The summed E-state index contributed by atoms with van der Waals surface area (Å²) in [6, 6.07) is 0. The minimum atomic E-state index is -6.98. The Morgan fingerprint density at radius 3 is 1.67 bits per heavy atom. The fourth-order valence-corrected chi connectivity index (χ4v) is 5.72. The van der Waals surface area contributed by atoms with Gasteiger partial charge >= 0.3 is 30.1 Å². The van der Waals surface area contributed by atoms with Crippen LogP contribution in [0.2, 0.25) is 0 Å². The van der Waals surface area contributed by atoms with Crippen molar-refractivity contribution < 1.29 is 53.8 Å². The van der Waals surface area contributed by atoms with Crippen molar-refractivity contribution >= 4 is 6.16 Å². The molecule has 1 spiro atoms. The molecule has 5 aliphatic rings. The van der Waals surface area contributed by atoms with Crippen LogP contribution in [0.5, 0.6) is 0 Å². The number of hydrogen-bond donors (Lipinski definition) is 0. The average molecular weight is 412 g/mol. The number of hydrogen-bond acceptors (Lipinski definition) is 3. The van der Waals surface area contributed by atoms with Crippen LogP contribution in [0, 0.1) is 23.2 Å². The number of alkyl halides is 9. The van der Waals surface area contributed by atoms with Crippen molar-refractivity contribution in [2.75, 3.05) is 0 Å². The zero-order chi connectivity index (χ0) is 20.3. The third kappa shape index (κ3) is 1.89. The first kappa shape index (κ1) is 19.0.